The summed E-state index contributed by atoms with van der Waals surface area (Å²) in [5.74, 6) is 0. The first-order valence-electron chi connectivity index (χ1n) is 15.7. The van der Waals surface area contributed by atoms with Crippen LogP contribution < -0.4 is 0 Å². The van der Waals surface area contributed by atoms with Crippen molar-refractivity contribution in [3.63, 3.8) is 0 Å². The number of para-hydroxylation sites is 3. The minimum Gasteiger partial charge on any atom is -0.264 e. The first kappa shape index (κ1) is 32.8. The van der Waals surface area contributed by atoms with Crippen molar-refractivity contribution in [2.45, 2.75) is 0 Å². The smallest absolute Gasteiger partial charge is 0.116 e. The van der Waals surface area contributed by atoms with Crippen molar-refractivity contribution in [1.82, 2.24) is 45.3 Å². The molecule has 0 aliphatic rings. The molecule has 0 aliphatic heterocycles. The Morgan fingerprint density at radius 2 is 0.760 bits per heavy atom. The van der Waals surface area contributed by atoms with Crippen molar-refractivity contribution < 1.29 is 0 Å². The van der Waals surface area contributed by atoms with Crippen LogP contribution in [0.5, 0.6) is 0 Å². The van der Waals surface area contributed by atoms with E-state index in [2.05, 4.69) is 57.4 Å². The van der Waals surface area contributed by atoms with Gasteiger partial charge in [-0.2, -0.15) is 20.4 Å². The van der Waals surface area contributed by atoms with Crippen LogP contribution in [-0.4, -0.2) is 45.3 Å². The van der Waals surface area contributed by atoms with E-state index in [0.29, 0.717) is 0 Å². The third-order valence-corrected chi connectivity index (χ3v) is 7.22. The molecule has 0 fully saturated rings. The summed E-state index contributed by atoms with van der Waals surface area (Å²) < 4.78 is 0. The fraction of sp³-hybridized carbons (Fsp3) is 0. The van der Waals surface area contributed by atoms with Gasteiger partial charge in [-0.25, -0.2) is 9.97 Å². The number of pyridine rings is 1. The largest absolute Gasteiger partial charge is 0.264 e. The molecule has 5 aromatic heterocycles. The molecule has 10 aromatic rings. The Balaban J connectivity index is 0.000000108. The number of hydrogen-bond donors (Lipinski definition) is 0. The van der Waals surface area contributed by atoms with Crippen LogP contribution in [0.2, 0.25) is 0 Å². The van der Waals surface area contributed by atoms with Crippen LogP contribution in [0.25, 0.3) is 54.4 Å². The Labute approximate surface area is 288 Å². The molecule has 0 bridgehead atoms. The maximum atomic E-state index is 4.12. The molecule has 0 radical (unpaired) electrons. The summed E-state index contributed by atoms with van der Waals surface area (Å²) in [6, 6.07) is 43.8. The van der Waals surface area contributed by atoms with Gasteiger partial charge in [0.2, 0.25) is 0 Å². The van der Waals surface area contributed by atoms with Gasteiger partial charge in [0.25, 0.3) is 0 Å². The molecular weight excluding hydrogens is 619 g/mol. The number of rotatable bonds is 0. The highest BCUT2D eigenvalue weighted by molar-refractivity contribution is 5.81. The standard InChI is InChI=1S/C9H7N.4C8H6N2/c1-2-4-9-7-10-6-5-8(9)3-1;1-2-4-8-7(3-1)5-9-6-10-8;1-2-4-8-6-10-9-5-7(8)3-1;1-2-4-8-7(3-1)9-5-6-10-8;1-2-4-8-7(3-1)5-6-9-10-8/h1-7H;4*1-6H. The van der Waals surface area contributed by atoms with Crippen LogP contribution >= 0.6 is 0 Å². The van der Waals surface area contributed by atoms with Gasteiger partial charge in [-0.1, -0.05) is 97.1 Å². The summed E-state index contributed by atoms with van der Waals surface area (Å²) >= 11 is 0. The van der Waals surface area contributed by atoms with E-state index < -0.39 is 0 Å². The number of fused-ring (bicyclic) bond motifs is 5. The van der Waals surface area contributed by atoms with E-state index >= 15 is 0 Å². The molecule has 0 saturated heterocycles. The fourth-order valence-electron chi connectivity index (χ4n) is 4.73. The molecule has 9 heteroatoms. The summed E-state index contributed by atoms with van der Waals surface area (Å²) in [6.45, 7) is 0. The van der Waals surface area contributed by atoms with Crippen molar-refractivity contribution >= 4 is 54.4 Å². The van der Waals surface area contributed by atoms with Gasteiger partial charge in [0, 0.05) is 52.5 Å². The zero-order valence-corrected chi connectivity index (χ0v) is 26.9. The summed E-state index contributed by atoms with van der Waals surface area (Å²) in [5, 5.41) is 22.2. The van der Waals surface area contributed by atoms with Crippen LogP contribution in [0.15, 0.2) is 189 Å². The molecule has 50 heavy (non-hydrogen) atoms. The first-order valence-corrected chi connectivity index (χ1v) is 15.7. The number of benzene rings is 5. The Morgan fingerprint density at radius 1 is 0.280 bits per heavy atom. The van der Waals surface area contributed by atoms with Crippen molar-refractivity contribution in [3.8, 4) is 0 Å². The zero-order valence-electron chi connectivity index (χ0n) is 26.9. The van der Waals surface area contributed by atoms with Crippen molar-refractivity contribution in [1.29, 1.82) is 0 Å². The van der Waals surface area contributed by atoms with Crippen LogP contribution in [0.1, 0.15) is 0 Å². The van der Waals surface area contributed by atoms with Crippen LogP contribution in [-0.2, 0) is 0 Å². The zero-order chi connectivity index (χ0) is 34.1. The normalized spacial score (nSPS) is 10.0. The second kappa shape index (κ2) is 17.7. The van der Waals surface area contributed by atoms with E-state index in [-0.39, 0.29) is 0 Å². The van der Waals surface area contributed by atoms with E-state index in [9.17, 15) is 0 Å². The minimum absolute atomic E-state index is 0.949. The highest BCUT2D eigenvalue weighted by Gasteiger charge is 1.91. The quantitative estimate of drug-likeness (QED) is 0.159. The molecule has 0 amide bonds. The minimum atomic E-state index is 0.949. The predicted molar refractivity (Wildman–Crippen MR) is 200 cm³/mol. The van der Waals surface area contributed by atoms with Crippen molar-refractivity contribution in [3.05, 3.63) is 189 Å². The molecule has 5 heterocycles. The summed E-state index contributed by atoms with van der Waals surface area (Å²) in [7, 11) is 0. The number of hydrogen-bond acceptors (Lipinski definition) is 9. The lowest BCUT2D eigenvalue weighted by Gasteiger charge is -1.91. The highest BCUT2D eigenvalue weighted by atomic mass is 15.1. The maximum absolute atomic E-state index is 4.12. The molecule has 240 valence electrons. The summed E-state index contributed by atoms with van der Waals surface area (Å²) in [4.78, 5) is 20.2. The first-order chi connectivity index (χ1) is 24.8. The molecule has 0 unspecified atom stereocenters. The Kier molecular flexibility index (Phi) is 11.6. The predicted octanol–water partition coefficient (Wildman–Crippen LogP) is 8.75. The molecule has 0 spiro atoms. The van der Waals surface area contributed by atoms with Crippen LogP contribution in [0.4, 0.5) is 0 Å². The number of aromatic nitrogens is 9. The Morgan fingerprint density at radius 3 is 1.36 bits per heavy atom. The molecule has 0 N–H and O–H groups in total. The van der Waals surface area contributed by atoms with Crippen LogP contribution in [0, 0.1) is 0 Å². The molecule has 5 aromatic carbocycles. The van der Waals surface area contributed by atoms with Crippen molar-refractivity contribution in [2.75, 3.05) is 0 Å². The molecule has 0 aliphatic carbocycles. The van der Waals surface area contributed by atoms with Gasteiger partial charge in [0.1, 0.15) is 6.33 Å². The molecule has 0 saturated carbocycles. The lowest BCUT2D eigenvalue weighted by molar-refractivity contribution is 1.05. The van der Waals surface area contributed by atoms with E-state index in [0.717, 1.165) is 43.6 Å². The fourth-order valence-corrected chi connectivity index (χ4v) is 4.73. The monoisotopic (exact) mass is 649 g/mol. The molecule has 10 rings (SSSR count). The van der Waals surface area contributed by atoms with E-state index in [4.69, 9.17) is 0 Å². The van der Waals surface area contributed by atoms with E-state index in [1.807, 2.05) is 140 Å². The highest BCUT2D eigenvalue weighted by Crippen LogP contribution is 2.11. The lowest BCUT2D eigenvalue weighted by Crippen LogP contribution is -1.79. The lowest BCUT2D eigenvalue weighted by atomic mass is 10.2. The van der Waals surface area contributed by atoms with Crippen molar-refractivity contribution in [2.24, 2.45) is 0 Å². The third kappa shape index (κ3) is 9.46. The average Bonchev–Trinajstić information content (AvgIpc) is 3.22. The number of nitrogens with zero attached hydrogens (tertiary/aromatic N) is 9. The van der Waals surface area contributed by atoms with Gasteiger partial charge >= 0.3 is 0 Å². The maximum Gasteiger partial charge on any atom is 0.116 e. The average molecular weight is 650 g/mol. The Hall–Kier alpha value is -7.13. The topological polar surface area (TPSA) is 116 Å². The van der Waals surface area contributed by atoms with E-state index in [1.54, 1.807) is 37.3 Å². The SMILES string of the molecule is c1ccc2cnccc2c1.c1ccc2cnncc2c1.c1ccc2nccnc2c1.c1ccc2ncncc2c1.c1ccc2nnccc2c1. The second-order valence-corrected chi connectivity index (χ2v) is 10.6. The van der Waals surface area contributed by atoms with Gasteiger partial charge in [-0.05, 0) is 47.2 Å². The van der Waals surface area contributed by atoms with Gasteiger partial charge < -0.3 is 0 Å². The van der Waals surface area contributed by atoms with Gasteiger partial charge in [0.15, 0.2) is 0 Å². The van der Waals surface area contributed by atoms with Gasteiger partial charge in [0.05, 0.1) is 40.7 Å². The van der Waals surface area contributed by atoms with Crippen LogP contribution in [0.3, 0.4) is 0 Å². The van der Waals surface area contributed by atoms with Gasteiger partial charge in [-0.15, -0.1) is 0 Å². The molecular formula is C41H31N9. The van der Waals surface area contributed by atoms with Gasteiger partial charge in [-0.3, -0.25) is 15.0 Å². The van der Waals surface area contributed by atoms with E-state index in [1.165, 1.54) is 10.8 Å². The molecule has 9 nitrogen and oxygen atoms in total. The molecule has 0 atom stereocenters. The Bertz CT molecular complexity index is 1800. The third-order valence-electron chi connectivity index (χ3n) is 7.22. The summed E-state index contributed by atoms with van der Waals surface area (Å²) in [6.07, 6.45) is 15.7. The second-order valence-electron chi connectivity index (χ2n) is 10.6. The summed E-state index contributed by atoms with van der Waals surface area (Å²) in [5.41, 5.74) is 3.84.